The van der Waals surface area contributed by atoms with Gasteiger partial charge in [0.05, 0.1) is 6.54 Å². The zero-order chi connectivity index (χ0) is 17.0. The van der Waals surface area contributed by atoms with Crippen molar-refractivity contribution in [3.8, 4) is 0 Å². The van der Waals surface area contributed by atoms with Crippen molar-refractivity contribution in [1.82, 2.24) is 5.32 Å². The molecular weight excluding hydrogens is 308 g/mol. The first-order valence-electron chi connectivity index (χ1n) is 5.90. The maximum absolute atomic E-state index is 13.5. The molecule has 1 amide bonds. The number of nitrogen functional groups attached to an aromatic ring is 1. The van der Waals surface area contributed by atoms with Crippen LogP contribution in [0.2, 0.25) is 0 Å². The van der Waals surface area contributed by atoms with Crippen LogP contribution in [0.25, 0.3) is 0 Å². The number of carbonyl (C=O) groups excluding carboxylic acids is 2. The molecule has 0 aliphatic heterocycles. The molecule has 0 bridgehead atoms. The van der Waals surface area contributed by atoms with E-state index in [1.54, 1.807) is 0 Å². The van der Waals surface area contributed by atoms with E-state index in [1.165, 1.54) is 6.92 Å². The van der Waals surface area contributed by atoms with E-state index in [4.69, 9.17) is 5.73 Å². The highest BCUT2D eigenvalue weighted by Gasteiger charge is 2.28. The van der Waals surface area contributed by atoms with Gasteiger partial charge in [-0.05, 0) is 6.92 Å². The van der Waals surface area contributed by atoms with Gasteiger partial charge in [-0.25, -0.2) is 22.4 Å². The minimum absolute atomic E-state index is 0.117. The Kier molecular flexibility index (Phi) is 5.50. The number of esters is 1. The van der Waals surface area contributed by atoms with Gasteiger partial charge in [0.15, 0.2) is 23.3 Å². The molecule has 0 atom stereocenters. The molecule has 120 valence electrons. The van der Waals surface area contributed by atoms with E-state index in [9.17, 15) is 27.2 Å². The van der Waals surface area contributed by atoms with Gasteiger partial charge in [0.1, 0.15) is 17.9 Å². The Labute approximate surface area is 122 Å². The van der Waals surface area contributed by atoms with Crippen molar-refractivity contribution in [2.24, 2.45) is 0 Å². The Morgan fingerprint density at radius 1 is 1.14 bits per heavy atom. The van der Waals surface area contributed by atoms with Gasteiger partial charge in [-0.3, -0.25) is 4.79 Å². The third-order valence-corrected chi connectivity index (χ3v) is 2.49. The normalized spacial score (nSPS) is 10.2. The fraction of sp³-hybridized carbons (Fsp3) is 0.231. The van der Waals surface area contributed by atoms with Gasteiger partial charge in [-0.2, -0.15) is 0 Å². The molecule has 0 aliphatic carbocycles. The zero-order valence-electron chi connectivity index (χ0n) is 11.4. The molecule has 1 rings (SSSR count). The van der Waals surface area contributed by atoms with Gasteiger partial charge < -0.3 is 15.8 Å². The smallest absolute Gasteiger partial charge is 0.333 e. The zero-order valence-corrected chi connectivity index (χ0v) is 11.4. The molecule has 0 aliphatic rings. The first kappa shape index (κ1) is 17.5. The highest BCUT2D eigenvalue weighted by Crippen LogP contribution is 2.25. The molecule has 0 saturated carbocycles. The summed E-state index contributed by atoms with van der Waals surface area (Å²) in [6, 6.07) is 0. The highest BCUT2D eigenvalue weighted by atomic mass is 19.2. The van der Waals surface area contributed by atoms with Crippen molar-refractivity contribution < 1.29 is 31.9 Å². The minimum Gasteiger partial charge on any atom is -0.460 e. The van der Waals surface area contributed by atoms with Crippen LogP contribution in [-0.2, 0) is 9.53 Å². The molecule has 0 heterocycles. The van der Waals surface area contributed by atoms with Gasteiger partial charge in [0.2, 0.25) is 0 Å². The quantitative estimate of drug-likeness (QED) is 0.216. The summed E-state index contributed by atoms with van der Waals surface area (Å²) in [4.78, 5) is 22.6. The molecule has 0 aromatic heterocycles. The second-order valence-corrected chi connectivity index (χ2v) is 4.22. The lowest BCUT2D eigenvalue weighted by atomic mass is 10.1. The van der Waals surface area contributed by atoms with E-state index < -0.39 is 46.4 Å². The van der Waals surface area contributed by atoms with Gasteiger partial charge in [0, 0.05) is 5.57 Å². The van der Waals surface area contributed by atoms with Crippen LogP contribution in [0.4, 0.5) is 23.2 Å². The molecule has 0 saturated heterocycles. The van der Waals surface area contributed by atoms with Gasteiger partial charge in [-0.1, -0.05) is 6.58 Å². The molecule has 9 heteroatoms. The number of ether oxygens (including phenoxy) is 1. The number of rotatable bonds is 5. The van der Waals surface area contributed by atoms with Crippen molar-refractivity contribution in [1.29, 1.82) is 0 Å². The number of benzene rings is 1. The van der Waals surface area contributed by atoms with Crippen LogP contribution in [0, 0.1) is 23.3 Å². The largest absolute Gasteiger partial charge is 0.460 e. The summed E-state index contributed by atoms with van der Waals surface area (Å²) in [7, 11) is 0. The number of hydrogen-bond acceptors (Lipinski definition) is 4. The van der Waals surface area contributed by atoms with E-state index in [0.717, 1.165) is 0 Å². The third-order valence-electron chi connectivity index (χ3n) is 2.49. The Morgan fingerprint density at radius 2 is 1.64 bits per heavy atom. The van der Waals surface area contributed by atoms with Crippen LogP contribution in [0.3, 0.4) is 0 Å². The summed E-state index contributed by atoms with van der Waals surface area (Å²) >= 11 is 0. The first-order valence-corrected chi connectivity index (χ1v) is 5.90. The highest BCUT2D eigenvalue weighted by molar-refractivity contribution is 5.95. The predicted molar refractivity (Wildman–Crippen MR) is 68.8 cm³/mol. The summed E-state index contributed by atoms with van der Waals surface area (Å²) in [6.45, 7) is 4.06. The number of hydrogen-bond donors (Lipinski definition) is 2. The first-order chi connectivity index (χ1) is 10.2. The van der Waals surface area contributed by atoms with Crippen molar-refractivity contribution >= 4 is 17.6 Å². The molecule has 22 heavy (non-hydrogen) atoms. The Hall–Kier alpha value is -2.58. The van der Waals surface area contributed by atoms with E-state index >= 15 is 0 Å². The fourth-order valence-corrected chi connectivity index (χ4v) is 1.37. The molecule has 0 spiro atoms. The summed E-state index contributed by atoms with van der Waals surface area (Å²) in [5, 5.41) is 1.95. The molecule has 1 aromatic rings. The van der Waals surface area contributed by atoms with E-state index in [1.807, 2.05) is 5.32 Å². The Balaban J connectivity index is 2.79. The average Bonchev–Trinajstić information content (AvgIpc) is 2.47. The Bertz CT molecular complexity index is 618. The average molecular weight is 320 g/mol. The second-order valence-electron chi connectivity index (χ2n) is 4.22. The maximum Gasteiger partial charge on any atom is 0.333 e. The lowest BCUT2D eigenvalue weighted by Crippen LogP contribution is -2.30. The molecular formula is C13H12F4N2O3. The maximum atomic E-state index is 13.5. The number of nitrogens with one attached hydrogen (secondary N) is 1. The standard InChI is InChI=1S/C13H12F4N2O3/c1-5(2)13(21)22-4-3-19-12(20)6-7(14)9(16)11(18)10(17)8(6)15/h1,3-4,18H2,2H3,(H,19,20). The van der Waals surface area contributed by atoms with Crippen LogP contribution < -0.4 is 11.1 Å². The second kappa shape index (κ2) is 6.92. The summed E-state index contributed by atoms with van der Waals surface area (Å²) in [5.41, 5.74) is 2.12. The van der Waals surface area contributed by atoms with Gasteiger partial charge >= 0.3 is 5.97 Å². The summed E-state index contributed by atoms with van der Waals surface area (Å²) in [5.74, 6) is -9.69. The summed E-state index contributed by atoms with van der Waals surface area (Å²) < 4.78 is 58.0. The third kappa shape index (κ3) is 3.54. The van der Waals surface area contributed by atoms with E-state index in [2.05, 4.69) is 11.3 Å². The van der Waals surface area contributed by atoms with Crippen LogP contribution in [0.5, 0.6) is 0 Å². The lowest BCUT2D eigenvalue weighted by Gasteiger charge is -2.10. The molecule has 3 N–H and O–H groups in total. The van der Waals surface area contributed by atoms with Crippen molar-refractivity contribution in [3.05, 3.63) is 41.0 Å². The van der Waals surface area contributed by atoms with Gasteiger partial charge in [0.25, 0.3) is 5.91 Å². The number of carbonyl (C=O) groups is 2. The van der Waals surface area contributed by atoms with Crippen LogP contribution in [0.1, 0.15) is 17.3 Å². The van der Waals surface area contributed by atoms with Crippen molar-refractivity contribution in [3.63, 3.8) is 0 Å². The number of amides is 1. The van der Waals surface area contributed by atoms with E-state index in [0.29, 0.717) is 0 Å². The number of nitrogens with two attached hydrogens (primary N) is 1. The minimum atomic E-state index is -1.91. The molecule has 0 fully saturated rings. The topological polar surface area (TPSA) is 81.4 Å². The van der Waals surface area contributed by atoms with Crippen molar-refractivity contribution in [2.75, 3.05) is 18.9 Å². The van der Waals surface area contributed by atoms with Crippen LogP contribution in [-0.4, -0.2) is 25.0 Å². The van der Waals surface area contributed by atoms with Crippen LogP contribution >= 0.6 is 0 Å². The monoisotopic (exact) mass is 320 g/mol. The molecule has 5 nitrogen and oxygen atoms in total. The lowest BCUT2D eigenvalue weighted by molar-refractivity contribution is -0.138. The number of anilines is 1. The van der Waals surface area contributed by atoms with Crippen LogP contribution in [0.15, 0.2) is 12.2 Å². The number of halogens is 4. The Morgan fingerprint density at radius 3 is 2.09 bits per heavy atom. The van der Waals surface area contributed by atoms with E-state index in [-0.39, 0.29) is 18.7 Å². The summed E-state index contributed by atoms with van der Waals surface area (Å²) in [6.07, 6.45) is 0. The predicted octanol–water partition coefficient (Wildman–Crippen LogP) is 1.67. The molecule has 0 unspecified atom stereocenters. The molecule has 1 aromatic carbocycles. The molecule has 0 radical (unpaired) electrons. The SMILES string of the molecule is C=C(C)C(=O)OCCNC(=O)c1c(F)c(F)c(N)c(F)c1F. The fourth-order valence-electron chi connectivity index (χ4n) is 1.37. The van der Waals surface area contributed by atoms with Crippen molar-refractivity contribution in [2.45, 2.75) is 6.92 Å². The van der Waals surface area contributed by atoms with Gasteiger partial charge in [-0.15, -0.1) is 0 Å².